The lowest BCUT2D eigenvalue weighted by molar-refractivity contribution is -0.0203. The number of anilines is 2. The van der Waals surface area contributed by atoms with E-state index in [1.54, 1.807) is 6.07 Å². The topological polar surface area (TPSA) is 84.1 Å². The third kappa shape index (κ3) is 2.57. The van der Waals surface area contributed by atoms with Crippen molar-refractivity contribution >= 4 is 27.7 Å². The molecule has 15 heavy (non-hydrogen) atoms. The van der Waals surface area contributed by atoms with Crippen LogP contribution in [0.5, 0.6) is 0 Å². The lowest BCUT2D eigenvalue weighted by Crippen LogP contribution is -2.43. The van der Waals surface area contributed by atoms with Crippen LogP contribution in [-0.4, -0.2) is 27.2 Å². The zero-order chi connectivity index (χ0) is 10.9. The molecule has 1 fully saturated rings. The van der Waals surface area contributed by atoms with E-state index in [4.69, 9.17) is 5.73 Å². The summed E-state index contributed by atoms with van der Waals surface area (Å²) in [6.07, 6.45) is 2.76. The average Bonchev–Trinajstić information content (AvgIpc) is 2.10. The van der Waals surface area contributed by atoms with Crippen molar-refractivity contribution in [3.63, 3.8) is 0 Å². The van der Waals surface area contributed by atoms with Gasteiger partial charge < -0.3 is 16.2 Å². The van der Waals surface area contributed by atoms with Crippen LogP contribution in [0.4, 0.5) is 11.8 Å². The van der Waals surface area contributed by atoms with Crippen LogP contribution >= 0.6 is 15.9 Å². The van der Waals surface area contributed by atoms with Crippen molar-refractivity contribution in [2.24, 2.45) is 0 Å². The van der Waals surface area contributed by atoms with E-state index in [0.717, 1.165) is 19.3 Å². The average molecular weight is 273 g/mol. The van der Waals surface area contributed by atoms with Gasteiger partial charge in [0.1, 0.15) is 10.4 Å². The Bertz CT molecular complexity index is 347. The minimum absolute atomic E-state index is 0.403. The van der Waals surface area contributed by atoms with Crippen LogP contribution in [0.15, 0.2) is 10.7 Å². The number of nitrogens with two attached hydrogens (primary N) is 1. The second-order valence-electron chi connectivity index (χ2n) is 3.87. The first-order valence-electron chi connectivity index (χ1n) is 4.84. The van der Waals surface area contributed by atoms with Gasteiger partial charge in [-0.15, -0.1) is 0 Å². The lowest BCUT2D eigenvalue weighted by atomic mass is 9.80. The van der Waals surface area contributed by atoms with E-state index < -0.39 is 5.60 Å². The van der Waals surface area contributed by atoms with Gasteiger partial charge in [0.2, 0.25) is 5.95 Å². The van der Waals surface area contributed by atoms with Crippen molar-refractivity contribution in [1.82, 2.24) is 9.97 Å². The highest BCUT2D eigenvalue weighted by molar-refractivity contribution is 9.10. The van der Waals surface area contributed by atoms with Gasteiger partial charge in [0.05, 0.1) is 5.60 Å². The van der Waals surface area contributed by atoms with Gasteiger partial charge in [-0.2, -0.15) is 4.98 Å². The minimum Gasteiger partial charge on any atom is -0.388 e. The second-order valence-corrected chi connectivity index (χ2v) is 4.68. The smallest absolute Gasteiger partial charge is 0.225 e. The number of nitrogens with zero attached hydrogens (tertiary/aromatic N) is 2. The normalized spacial score (nSPS) is 18.3. The monoisotopic (exact) mass is 272 g/mol. The Balaban J connectivity index is 1.98. The van der Waals surface area contributed by atoms with Gasteiger partial charge >= 0.3 is 0 Å². The Hall–Kier alpha value is -0.880. The highest BCUT2D eigenvalue weighted by atomic mass is 79.9. The van der Waals surface area contributed by atoms with E-state index in [1.807, 2.05) is 0 Å². The summed E-state index contributed by atoms with van der Waals surface area (Å²) < 4.78 is 0.637. The number of halogens is 1. The van der Waals surface area contributed by atoms with E-state index in [-0.39, 0.29) is 0 Å². The number of hydrogen-bond donors (Lipinski definition) is 3. The molecule has 0 aromatic carbocycles. The molecule has 1 aliphatic rings. The first kappa shape index (κ1) is 10.6. The highest BCUT2D eigenvalue weighted by Gasteiger charge is 2.34. The molecule has 0 aliphatic heterocycles. The third-order valence-corrected chi connectivity index (χ3v) is 2.98. The molecule has 1 aromatic heterocycles. The molecule has 5 nitrogen and oxygen atoms in total. The summed E-state index contributed by atoms with van der Waals surface area (Å²) in [5, 5.41) is 12.8. The van der Waals surface area contributed by atoms with Gasteiger partial charge in [0, 0.05) is 12.6 Å². The molecular formula is C9H13BrN4O. The van der Waals surface area contributed by atoms with Crippen LogP contribution in [0.2, 0.25) is 0 Å². The molecule has 0 saturated heterocycles. The van der Waals surface area contributed by atoms with Crippen molar-refractivity contribution in [1.29, 1.82) is 0 Å². The molecule has 2 rings (SSSR count). The molecule has 0 unspecified atom stereocenters. The number of nitrogen functional groups attached to an aromatic ring is 1. The molecule has 0 bridgehead atoms. The Morgan fingerprint density at radius 1 is 1.53 bits per heavy atom. The first-order valence-corrected chi connectivity index (χ1v) is 5.63. The molecular weight excluding hydrogens is 260 g/mol. The van der Waals surface area contributed by atoms with E-state index in [1.165, 1.54) is 0 Å². The van der Waals surface area contributed by atoms with Crippen molar-refractivity contribution in [2.75, 3.05) is 17.6 Å². The Morgan fingerprint density at radius 3 is 2.80 bits per heavy atom. The molecule has 1 saturated carbocycles. The molecule has 0 radical (unpaired) electrons. The second kappa shape index (κ2) is 3.94. The van der Waals surface area contributed by atoms with Crippen LogP contribution < -0.4 is 11.1 Å². The summed E-state index contributed by atoms with van der Waals surface area (Å²) >= 11 is 3.23. The van der Waals surface area contributed by atoms with Crippen LogP contribution in [0.25, 0.3) is 0 Å². The van der Waals surface area contributed by atoms with Gasteiger partial charge in [-0.3, -0.25) is 0 Å². The maximum absolute atomic E-state index is 9.85. The zero-order valence-corrected chi connectivity index (χ0v) is 9.79. The maximum Gasteiger partial charge on any atom is 0.225 e. The fraction of sp³-hybridized carbons (Fsp3) is 0.556. The summed E-state index contributed by atoms with van der Waals surface area (Å²) in [4.78, 5) is 8.11. The summed E-state index contributed by atoms with van der Waals surface area (Å²) in [6, 6.07) is 1.63. The summed E-state index contributed by atoms with van der Waals surface area (Å²) in [5.74, 6) is 0.849. The SMILES string of the molecule is Nc1cc(Br)nc(NCC2(O)CCC2)n1. The zero-order valence-electron chi connectivity index (χ0n) is 8.20. The van der Waals surface area contributed by atoms with Crippen LogP contribution in [0, 0.1) is 0 Å². The molecule has 6 heteroatoms. The molecule has 0 spiro atoms. The van der Waals surface area contributed by atoms with Gasteiger partial charge in [-0.25, -0.2) is 4.98 Å². The molecule has 0 atom stereocenters. The van der Waals surface area contributed by atoms with Crippen molar-refractivity contribution in [3.8, 4) is 0 Å². The summed E-state index contributed by atoms with van der Waals surface area (Å²) in [6.45, 7) is 0.475. The summed E-state index contributed by atoms with van der Waals surface area (Å²) in [7, 11) is 0. The number of aromatic nitrogens is 2. The van der Waals surface area contributed by atoms with Crippen molar-refractivity contribution in [3.05, 3.63) is 10.7 Å². The Morgan fingerprint density at radius 2 is 2.27 bits per heavy atom. The van der Waals surface area contributed by atoms with Crippen LogP contribution in [0.1, 0.15) is 19.3 Å². The van der Waals surface area contributed by atoms with Crippen molar-refractivity contribution < 1.29 is 5.11 Å². The maximum atomic E-state index is 9.85. The van der Waals surface area contributed by atoms with Gasteiger partial charge in [0.15, 0.2) is 0 Å². The number of aliphatic hydroxyl groups is 1. The lowest BCUT2D eigenvalue weighted by Gasteiger charge is -2.36. The molecule has 1 heterocycles. The van der Waals surface area contributed by atoms with Gasteiger partial charge in [-0.1, -0.05) is 0 Å². The van der Waals surface area contributed by atoms with Gasteiger partial charge in [-0.05, 0) is 35.2 Å². The number of hydrogen-bond acceptors (Lipinski definition) is 5. The molecule has 1 aliphatic carbocycles. The predicted octanol–water partition coefficient (Wildman–Crippen LogP) is 1.15. The van der Waals surface area contributed by atoms with E-state index >= 15 is 0 Å². The third-order valence-electron chi connectivity index (χ3n) is 2.57. The first-order chi connectivity index (χ1) is 7.07. The van der Waals surface area contributed by atoms with Crippen molar-refractivity contribution in [2.45, 2.75) is 24.9 Å². The molecule has 82 valence electrons. The molecule has 4 N–H and O–H groups in total. The number of rotatable bonds is 3. The Labute approximate surface area is 96.2 Å². The van der Waals surface area contributed by atoms with Gasteiger partial charge in [0.25, 0.3) is 0 Å². The van der Waals surface area contributed by atoms with E-state index in [9.17, 15) is 5.11 Å². The standard InChI is InChI=1S/C9H13BrN4O/c10-6-4-7(11)14-8(13-6)12-5-9(15)2-1-3-9/h4,15H,1-3,5H2,(H3,11,12,13,14). The minimum atomic E-state index is -0.583. The van der Waals surface area contributed by atoms with Crippen LogP contribution in [0.3, 0.4) is 0 Å². The largest absolute Gasteiger partial charge is 0.388 e. The summed E-state index contributed by atoms with van der Waals surface area (Å²) in [5.41, 5.74) is 4.98. The van der Waals surface area contributed by atoms with E-state index in [0.29, 0.717) is 22.9 Å². The van der Waals surface area contributed by atoms with E-state index in [2.05, 4.69) is 31.2 Å². The van der Waals surface area contributed by atoms with Crippen LogP contribution in [-0.2, 0) is 0 Å². The number of nitrogens with one attached hydrogen (secondary N) is 1. The molecule has 0 amide bonds. The predicted molar refractivity (Wildman–Crippen MR) is 61.4 cm³/mol. The Kier molecular flexibility index (Phi) is 2.79. The fourth-order valence-electron chi connectivity index (χ4n) is 1.52. The fourth-order valence-corrected chi connectivity index (χ4v) is 1.92. The quantitative estimate of drug-likeness (QED) is 0.719. The highest BCUT2D eigenvalue weighted by Crippen LogP contribution is 2.31. The molecule has 1 aromatic rings.